The van der Waals surface area contributed by atoms with Gasteiger partial charge in [-0.15, -0.1) is 0 Å². The van der Waals surface area contributed by atoms with E-state index in [2.05, 4.69) is 17.1 Å². The SMILES string of the molecule is CCC(C(=O)c1ccccc1)N1CCCC(CNC)C1. The van der Waals surface area contributed by atoms with E-state index in [1.54, 1.807) is 0 Å². The minimum Gasteiger partial charge on any atom is -0.319 e. The maximum atomic E-state index is 12.7. The van der Waals surface area contributed by atoms with Gasteiger partial charge in [0.15, 0.2) is 5.78 Å². The van der Waals surface area contributed by atoms with Crippen molar-refractivity contribution in [2.45, 2.75) is 32.2 Å². The highest BCUT2D eigenvalue weighted by molar-refractivity contribution is 6.00. The smallest absolute Gasteiger partial charge is 0.179 e. The molecule has 1 N–H and O–H groups in total. The van der Waals surface area contributed by atoms with Gasteiger partial charge in [0.1, 0.15) is 0 Å². The fourth-order valence-electron chi connectivity index (χ4n) is 3.24. The van der Waals surface area contributed by atoms with Crippen molar-refractivity contribution in [2.75, 3.05) is 26.7 Å². The van der Waals surface area contributed by atoms with E-state index in [0.29, 0.717) is 5.92 Å². The van der Waals surface area contributed by atoms with E-state index in [9.17, 15) is 4.79 Å². The molecule has 3 heteroatoms. The van der Waals surface area contributed by atoms with Gasteiger partial charge >= 0.3 is 0 Å². The van der Waals surface area contributed by atoms with Gasteiger partial charge in [-0.05, 0) is 45.3 Å². The fourth-order valence-corrected chi connectivity index (χ4v) is 3.24. The predicted molar refractivity (Wildman–Crippen MR) is 83.1 cm³/mol. The molecule has 1 aliphatic heterocycles. The van der Waals surface area contributed by atoms with Crippen LogP contribution in [-0.4, -0.2) is 43.4 Å². The second-order valence-corrected chi connectivity index (χ2v) is 5.72. The molecule has 0 saturated carbocycles. The van der Waals surface area contributed by atoms with Crippen molar-refractivity contribution in [3.05, 3.63) is 35.9 Å². The van der Waals surface area contributed by atoms with E-state index < -0.39 is 0 Å². The number of hydrogen-bond acceptors (Lipinski definition) is 3. The zero-order chi connectivity index (χ0) is 14.4. The molecule has 2 rings (SSSR count). The molecule has 1 saturated heterocycles. The molecule has 2 atom stereocenters. The van der Waals surface area contributed by atoms with Gasteiger partial charge in [0, 0.05) is 12.1 Å². The molecule has 0 aromatic heterocycles. The Labute approximate surface area is 122 Å². The van der Waals surface area contributed by atoms with Gasteiger partial charge in [-0.1, -0.05) is 37.3 Å². The number of hydrogen-bond donors (Lipinski definition) is 1. The van der Waals surface area contributed by atoms with Crippen LogP contribution in [-0.2, 0) is 0 Å². The number of benzene rings is 1. The monoisotopic (exact) mass is 274 g/mol. The van der Waals surface area contributed by atoms with Gasteiger partial charge < -0.3 is 5.32 Å². The van der Waals surface area contributed by atoms with Crippen molar-refractivity contribution in [2.24, 2.45) is 5.92 Å². The number of piperidine rings is 1. The van der Waals surface area contributed by atoms with Gasteiger partial charge in [0.25, 0.3) is 0 Å². The Morgan fingerprint density at radius 1 is 1.40 bits per heavy atom. The van der Waals surface area contributed by atoms with Crippen molar-refractivity contribution < 1.29 is 4.79 Å². The van der Waals surface area contributed by atoms with Crippen LogP contribution >= 0.6 is 0 Å². The van der Waals surface area contributed by atoms with Crippen molar-refractivity contribution >= 4 is 5.78 Å². The van der Waals surface area contributed by atoms with Crippen LogP contribution in [0, 0.1) is 5.92 Å². The Bertz CT molecular complexity index is 416. The first-order valence-electron chi connectivity index (χ1n) is 7.74. The number of nitrogens with one attached hydrogen (secondary N) is 1. The number of ketones is 1. The highest BCUT2D eigenvalue weighted by atomic mass is 16.1. The molecule has 0 amide bonds. The second-order valence-electron chi connectivity index (χ2n) is 5.72. The lowest BCUT2D eigenvalue weighted by atomic mass is 9.93. The molecule has 0 spiro atoms. The van der Waals surface area contributed by atoms with Crippen molar-refractivity contribution in [1.29, 1.82) is 0 Å². The summed E-state index contributed by atoms with van der Waals surface area (Å²) in [7, 11) is 2.01. The Morgan fingerprint density at radius 3 is 2.80 bits per heavy atom. The highest BCUT2D eigenvalue weighted by Crippen LogP contribution is 2.21. The van der Waals surface area contributed by atoms with Gasteiger partial charge in [-0.3, -0.25) is 9.69 Å². The maximum Gasteiger partial charge on any atom is 0.179 e. The van der Waals surface area contributed by atoms with Crippen LogP contribution < -0.4 is 5.32 Å². The molecule has 1 aromatic rings. The van der Waals surface area contributed by atoms with Crippen LogP contribution in [0.2, 0.25) is 0 Å². The first kappa shape index (κ1) is 15.2. The molecular weight excluding hydrogens is 248 g/mol. The lowest BCUT2D eigenvalue weighted by molar-refractivity contribution is 0.0714. The summed E-state index contributed by atoms with van der Waals surface area (Å²) in [6.07, 6.45) is 3.36. The van der Waals surface area contributed by atoms with E-state index >= 15 is 0 Å². The molecule has 1 fully saturated rings. The molecule has 2 unspecified atom stereocenters. The predicted octanol–water partition coefficient (Wildman–Crippen LogP) is 2.58. The summed E-state index contributed by atoms with van der Waals surface area (Å²) in [6.45, 7) is 5.26. The summed E-state index contributed by atoms with van der Waals surface area (Å²) in [6, 6.07) is 9.75. The lowest BCUT2D eigenvalue weighted by Crippen LogP contribution is -2.47. The Hall–Kier alpha value is -1.19. The molecule has 1 heterocycles. The summed E-state index contributed by atoms with van der Waals surface area (Å²) in [5, 5.41) is 3.26. The molecule has 1 aliphatic rings. The molecule has 20 heavy (non-hydrogen) atoms. The summed E-state index contributed by atoms with van der Waals surface area (Å²) < 4.78 is 0. The van der Waals surface area contributed by atoms with E-state index in [4.69, 9.17) is 0 Å². The lowest BCUT2D eigenvalue weighted by Gasteiger charge is -2.37. The van der Waals surface area contributed by atoms with E-state index in [1.165, 1.54) is 12.8 Å². The third kappa shape index (κ3) is 3.68. The molecule has 0 aliphatic carbocycles. The molecule has 110 valence electrons. The van der Waals surface area contributed by atoms with Gasteiger partial charge in [0.2, 0.25) is 0 Å². The van der Waals surface area contributed by atoms with Gasteiger partial charge in [0.05, 0.1) is 6.04 Å². The zero-order valence-electron chi connectivity index (χ0n) is 12.6. The number of carbonyl (C=O) groups excluding carboxylic acids is 1. The van der Waals surface area contributed by atoms with Crippen molar-refractivity contribution in [1.82, 2.24) is 10.2 Å². The number of rotatable bonds is 6. The van der Waals surface area contributed by atoms with E-state index in [0.717, 1.165) is 31.6 Å². The quantitative estimate of drug-likeness (QED) is 0.809. The normalized spacial score (nSPS) is 21.6. The summed E-state index contributed by atoms with van der Waals surface area (Å²) in [5.41, 5.74) is 0.843. The Balaban J connectivity index is 2.05. The maximum absolute atomic E-state index is 12.7. The average Bonchev–Trinajstić information content (AvgIpc) is 2.49. The molecular formula is C17H26N2O. The first-order valence-corrected chi connectivity index (χ1v) is 7.74. The zero-order valence-corrected chi connectivity index (χ0v) is 12.6. The molecule has 0 bridgehead atoms. The van der Waals surface area contributed by atoms with Crippen LogP contribution in [0.15, 0.2) is 30.3 Å². The number of Topliss-reactive ketones (excluding diaryl/α,β-unsaturated/α-hetero) is 1. The van der Waals surface area contributed by atoms with Crippen LogP contribution in [0.1, 0.15) is 36.5 Å². The minimum atomic E-state index is 0.0389. The van der Waals surface area contributed by atoms with E-state index in [-0.39, 0.29) is 11.8 Å². The number of likely N-dealkylation sites (tertiary alicyclic amines) is 1. The number of carbonyl (C=O) groups is 1. The average molecular weight is 274 g/mol. The molecule has 3 nitrogen and oxygen atoms in total. The van der Waals surface area contributed by atoms with Crippen LogP contribution in [0.5, 0.6) is 0 Å². The van der Waals surface area contributed by atoms with E-state index in [1.807, 2.05) is 37.4 Å². The Morgan fingerprint density at radius 2 is 2.15 bits per heavy atom. The topological polar surface area (TPSA) is 32.3 Å². The van der Waals surface area contributed by atoms with Crippen LogP contribution in [0.4, 0.5) is 0 Å². The second kappa shape index (κ2) is 7.55. The summed E-state index contributed by atoms with van der Waals surface area (Å²) >= 11 is 0. The highest BCUT2D eigenvalue weighted by Gasteiger charge is 2.29. The standard InChI is InChI=1S/C17H26N2O/c1-3-16(17(20)15-9-5-4-6-10-15)19-11-7-8-14(13-19)12-18-2/h4-6,9-10,14,16,18H,3,7-8,11-13H2,1-2H3. The number of nitrogens with zero attached hydrogens (tertiary/aromatic N) is 1. The fraction of sp³-hybridized carbons (Fsp3) is 0.588. The van der Waals surface area contributed by atoms with Crippen molar-refractivity contribution in [3.63, 3.8) is 0 Å². The third-order valence-electron chi connectivity index (χ3n) is 4.23. The first-order chi connectivity index (χ1) is 9.76. The van der Waals surface area contributed by atoms with Gasteiger partial charge in [-0.2, -0.15) is 0 Å². The largest absolute Gasteiger partial charge is 0.319 e. The van der Waals surface area contributed by atoms with Crippen molar-refractivity contribution in [3.8, 4) is 0 Å². The minimum absolute atomic E-state index is 0.0389. The van der Waals surface area contributed by atoms with Gasteiger partial charge in [-0.25, -0.2) is 0 Å². The summed E-state index contributed by atoms with van der Waals surface area (Å²) in [4.78, 5) is 15.1. The third-order valence-corrected chi connectivity index (χ3v) is 4.23. The molecule has 0 radical (unpaired) electrons. The van der Waals surface area contributed by atoms with Crippen LogP contribution in [0.25, 0.3) is 0 Å². The van der Waals surface area contributed by atoms with Crippen LogP contribution in [0.3, 0.4) is 0 Å². The molecule has 1 aromatic carbocycles. The Kier molecular flexibility index (Phi) is 5.74. The summed E-state index contributed by atoms with van der Waals surface area (Å²) in [5.74, 6) is 0.949.